The molecule has 2 aromatic carbocycles. The third-order valence-corrected chi connectivity index (χ3v) is 12.0. The van der Waals surface area contributed by atoms with Crippen molar-refractivity contribution in [2.24, 2.45) is 17.3 Å². The topological polar surface area (TPSA) is 158 Å². The average Bonchev–Trinajstić information content (AvgIpc) is 3.09. The lowest BCUT2D eigenvalue weighted by molar-refractivity contribution is -0.274. The van der Waals surface area contributed by atoms with E-state index in [0.717, 1.165) is 76.3 Å². The number of urea groups is 2. The second-order valence-corrected chi connectivity index (χ2v) is 16.3. The van der Waals surface area contributed by atoms with E-state index in [1.54, 1.807) is 12.1 Å². The first kappa shape index (κ1) is 37.6. The third kappa shape index (κ3) is 9.33. The van der Waals surface area contributed by atoms with E-state index < -0.39 is 18.4 Å². The first-order valence-electron chi connectivity index (χ1n) is 19.0. The summed E-state index contributed by atoms with van der Waals surface area (Å²) in [5.74, 6) is 0.379. The van der Waals surface area contributed by atoms with Crippen molar-refractivity contribution in [1.29, 1.82) is 0 Å². The highest BCUT2D eigenvalue weighted by atomic mass is 19.4. The molecule has 6 fully saturated rings. The van der Waals surface area contributed by atoms with E-state index in [-0.39, 0.29) is 52.4 Å². The second-order valence-electron chi connectivity index (χ2n) is 16.3. The van der Waals surface area contributed by atoms with Gasteiger partial charge in [-0.15, -0.1) is 13.2 Å². The predicted molar refractivity (Wildman–Crippen MR) is 191 cm³/mol. The number of likely N-dealkylation sites (tertiary alicyclic amines) is 1. The highest BCUT2D eigenvalue weighted by Gasteiger charge is 2.59. The van der Waals surface area contributed by atoms with Gasteiger partial charge in [-0.05, 0) is 143 Å². The Labute approximate surface area is 311 Å². The first-order chi connectivity index (χ1) is 25.7. The number of alkyl halides is 3. The van der Waals surface area contributed by atoms with Crippen LogP contribution in [0.15, 0.2) is 48.5 Å². The SMILES string of the molecule is O=C(Nc1ccc(OC(F)(F)F)cc1)NC1CCN(C(=O)CC23CC4CC(C2)CC(NC(=O)NC2CCC(Oc5ccc(C(=O)O)cc5)CC2)(C4)C3)CC1. The van der Waals surface area contributed by atoms with E-state index in [9.17, 15) is 32.3 Å². The maximum atomic E-state index is 13.8. The minimum absolute atomic E-state index is 0.00772. The van der Waals surface area contributed by atoms with Crippen LogP contribution >= 0.6 is 0 Å². The molecule has 0 aromatic heterocycles. The number of hydrogen-bond acceptors (Lipinski definition) is 6. The molecule has 5 saturated carbocycles. The number of amides is 5. The maximum Gasteiger partial charge on any atom is 0.573 e. The van der Waals surface area contributed by atoms with Gasteiger partial charge in [-0.3, -0.25) is 4.79 Å². The molecule has 0 spiro atoms. The lowest BCUT2D eigenvalue weighted by atomic mass is 9.46. The first-order valence-corrected chi connectivity index (χ1v) is 19.0. The summed E-state index contributed by atoms with van der Waals surface area (Å²) < 4.78 is 47.2. The van der Waals surface area contributed by atoms with Gasteiger partial charge in [0, 0.05) is 42.8 Å². The summed E-state index contributed by atoms with van der Waals surface area (Å²) in [6, 6.07) is 10.6. The molecular formula is C39H48F3N5O7. The largest absolute Gasteiger partial charge is 0.573 e. The van der Waals surface area contributed by atoms with Crippen molar-refractivity contribution in [3.05, 3.63) is 54.1 Å². The number of benzene rings is 2. The Morgan fingerprint density at radius 1 is 0.778 bits per heavy atom. The smallest absolute Gasteiger partial charge is 0.490 e. The highest BCUT2D eigenvalue weighted by molar-refractivity contribution is 5.89. The van der Waals surface area contributed by atoms with Crippen LogP contribution in [0.25, 0.3) is 0 Å². The Kier molecular flexibility index (Phi) is 10.6. The van der Waals surface area contributed by atoms with E-state index >= 15 is 0 Å². The molecule has 5 N–H and O–H groups in total. The monoisotopic (exact) mass is 755 g/mol. The summed E-state index contributed by atoms with van der Waals surface area (Å²) in [7, 11) is 0. The Balaban J connectivity index is 0.848. The number of anilines is 1. The molecular weight excluding hydrogens is 707 g/mol. The summed E-state index contributed by atoms with van der Waals surface area (Å²) in [5.41, 5.74) is 0.0918. The number of halogens is 3. The van der Waals surface area contributed by atoms with Gasteiger partial charge in [0.15, 0.2) is 0 Å². The number of carbonyl (C=O) groups is 4. The molecule has 5 amide bonds. The molecule has 15 heteroatoms. The van der Waals surface area contributed by atoms with Crippen LogP contribution in [-0.4, -0.2) is 77.1 Å². The van der Waals surface area contributed by atoms with E-state index in [2.05, 4.69) is 26.0 Å². The zero-order valence-electron chi connectivity index (χ0n) is 30.1. The molecule has 0 radical (unpaired) electrons. The van der Waals surface area contributed by atoms with Gasteiger partial charge in [0.05, 0.1) is 11.7 Å². The van der Waals surface area contributed by atoms with Gasteiger partial charge < -0.3 is 40.7 Å². The lowest BCUT2D eigenvalue weighted by Crippen LogP contribution is -2.65. The summed E-state index contributed by atoms with van der Waals surface area (Å²) >= 11 is 0. The molecule has 2 aromatic rings. The molecule has 6 aliphatic rings. The molecule has 1 heterocycles. The van der Waals surface area contributed by atoms with E-state index in [1.165, 1.54) is 24.3 Å². The van der Waals surface area contributed by atoms with Gasteiger partial charge in [-0.25, -0.2) is 14.4 Å². The third-order valence-electron chi connectivity index (χ3n) is 12.0. The normalized spacial score (nSPS) is 29.2. The fourth-order valence-electron chi connectivity index (χ4n) is 10.3. The molecule has 8 rings (SSSR count). The van der Waals surface area contributed by atoms with Gasteiger partial charge in [0.2, 0.25) is 5.91 Å². The Hall–Kier alpha value is -4.69. The number of nitrogens with zero attached hydrogens (tertiary/aromatic N) is 1. The molecule has 1 aliphatic heterocycles. The summed E-state index contributed by atoms with van der Waals surface area (Å²) in [4.78, 5) is 52.8. The van der Waals surface area contributed by atoms with Crippen LogP contribution in [0.3, 0.4) is 0 Å². The summed E-state index contributed by atoms with van der Waals surface area (Å²) in [6.45, 7) is 1.04. The van der Waals surface area contributed by atoms with Crippen LogP contribution in [0.2, 0.25) is 0 Å². The van der Waals surface area contributed by atoms with Crippen molar-refractivity contribution in [1.82, 2.24) is 20.9 Å². The van der Waals surface area contributed by atoms with Crippen molar-refractivity contribution < 1.29 is 46.9 Å². The molecule has 5 aliphatic carbocycles. The predicted octanol–water partition coefficient (Wildman–Crippen LogP) is 6.81. The molecule has 54 heavy (non-hydrogen) atoms. The lowest BCUT2D eigenvalue weighted by Gasteiger charge is -2.62. The van der Waals surface area contributed by atoms with Gasteiger partial charge in [0.25, 0.3) is 0 Å². The minimum atomic E-state index is -4.79. The molecule has 12 nitrogen and oxygen atoms in total. The number of carbonyl (C=O) groups excluding carboxylic acids is 3. The zero-order chi connectivity index (χ0) is 38.1. The quantitative estimate of drug-likeness (QED) is 0.178. The maximum absolute atomic E-state index is 13.8. The van der Waals surface area contributed by atoms with Crippen molar-refractivity contribution in [2.75, 3.05) is 18.4 Å². The molecule has 1 saturated heterocycles. The van der Waals surface area contributed by atoms with Crippen LogP contribution in [0, 0.1) is 17.3 Å². The number of aromatic carboxylic acids is 1. The van der Waals surface area contributed by atoms with Crippen molar-refractivity contribution in [2.45, 2.75) is 114 Å². The van der Waals surface area contributed by atoms with Gasteiger partial charge in [-0.2, -0.15) is 0 Å². The zero-order valence-corrected chi connectivity index (χ0v) is 30.1. The van der Waals surface area contributed by atoms with Gasteiger partial charge >= 0.3 is 24.4 Å². The minimum Gasteiger partial charge on any atom is -0.490 e. The number of rotatable bonds is 10. The van der Waals surface area contributed by atoms with E-state index in [1.807, 2.05) is 4.90 Å². The van der Waals surface area contributed by atoms with Crippen LogP contribution in [0.1, 0.15) is 93.8 Å². The molecule has 4 bridgehead atoms. The Bertz CT molecular complexity index is 1680. The fraction of sp³-hybridized carbons (Fsp3) is 0.590. The van der Waals surface area contributed by atoms with Crippen LogP contribution < -0.4 is 30.7 Å². The van der Waals surface area contributed by atoms with Crippen LogP contribution in [0.4, 0.5) is 28.4 Å². The highest BCUT2D eigenvalue weighted by Crippen LogP contribution is 2.63. The number of piperidine rings is 1. The summed E-state index contributed by atoms with van der Waals surface area (Å²) in [6.07, 6.45) is 5.85. The standard InChI is InChI=1S/C39H48F3N5O7/c40-39(41,42)54-32-11-5-27(6-12-32)43-35(51)44-29-13-15-47(16-14-29)33(48)22-37-18-24-17-25(19-37)21-38(20-24,23-37)46-36(52)45-28-3-9-31(10-4-28)53-30-7-1-26(2-8-30)34(49)50/h1-2,5-8,11-12,24-25,28-29,31H,3-4,9-10,13-23H2,(H,49,50)(H2,43,44,51)(H2,45,46,52). The summed E-state index contributed by atoms with van der Waals surface area (Å²) in [5, 5.41) is 21.3. The number of carboxylic acids is 1. The number of nitrogens with one attached hydrogen (secondary N) is 4. The molecule has 2 atom stereocenters. The van der Waals surface area contributed by atoms with Gasteiger partial charge in [-0.1, -0.05) is 0 Å². The second kappa shape index (κ2) is 15.2. The number of hydrogen-bond donors (Lipinski definition) is 5. The van der Waals surface area contributed by atoms with E-state index in [0.29, 0.717) is 55.6 Å². The molecule has 292 valence electrons. The number of ether oxygens (including phenoxy) is 2. The van der Waals surface area contributed by atoms with Crippen molar-refractivity contribution >= 4 is 29.6 Å². The average molecular weight is 756 g/mol. The number of carboxylic acid groups (broad SMARTS) is 1. The van der Waals surface area contributed by atoms with Crippen LogP contribution in [0.5, 0.6) is 11.5 Å². The van der Waals surface area contributed by atoms with E-state index in [4.69, 9.17) is 9.84 Å². The van der Waals surface area contributed by atoms with Crippen molar-refractivity contribution in [3.63, 3.8) is 0 Å². The van der Waals surface area contributed by atoms with Crippen molar-refractivity contribution in [3.8, 4) is 11.5 Å². The van der Waals surface area contributed by atoms with Crippen LogP contribution in [-0.2, 0) is 4.79 Å². The Morgan fingerprint density at radius 3 is 1.98 bits per heavy atom. The fourth-order valence-corrected chi connectivity index (χ4v) is 10.3. The Morgan fingerprint density at radius 2 is 1.37 bits per heavy atom. The van der Waals surface area contributed by atoms with Gasteiger partial charge in [0.1, 0.15) is 11.5 Å². The molecule has 2 unspecified atom stereocenters.